The minimum absolute atomic E-state index is 0.404. The van der Waals surface area contributed by atoms with Crippen molar-refractivity contribution in [1.29, 1.82) is 0 Å². The second-order valence-corrected chi connectivity index (χ2v) is 4.06. The van der Waals surface area contributed by atoms with Crippen molar-refractivity contribution in [3.05, 3.63) is 66.2 Å². The van der Waals surface area contributed by atoms with Crippen LogP contribution in [-0.4, -0.2) is 19.4 Å². The zero-order chi connectivity index (χ0) is 12.2. The molecule has 0 spiro atoms. The van der Waals surface area contributed by atoms with E-state index in [0.717, 1.165) is 16.7 Å². The molecule has 4 heteroatoms. The van der Waals surface area contributed by atoms with Gasteiger partial charge in [-0.2, -0.15) is 0 Å². The molecule has 88 valence electrons. The molecule has 0 N–H and O–H groups in total. The van der Waals surface area contributed by atoms with Gasteiger partial charge in [0.25, 0.3) is 0 Å². The molecule has 1 heterocycles. The van der Waals surface area contributed by atoms with Gasteiger partial charge in [-0.05, 0) is 5.46 Å². The van der Waals surface area contributed by atoms with E-state index in [1.165, 1.54) is 0 Å². The fraction of sp³-hybridized carbons (Fsp3) is 0.0714. The Morgan fingerprint density at radius 1 is 0.889 bits per heavy atom. The van der Waals surface area contributed by atoms with Crippen molar-refractivity contribution in [2.45, 2.75) is 0 Å². The van der Waals surface area contributed by atoms with E-state index in [-0.39, 0.29) is 0 Å². The quantitative estimate of drug-likeness (QED) is 0.746. The van der Waals surface area contributed by atoms with Crippen LogP contribution in [0.5, 0.6) is 0 Å². The molecule has 0 atom stereocenters. The van der Waals surface area contributed by atoms with Gasteiger partial charge in [0.2, 0.25) is 0 Å². The summed E-state index contributed by atoms with van der Waals surface area (Å²) >= 11 is 0. The Labute approximate surface area is 106 Å². The molecule has 3 nitrogen and oxygen atoms in total. The Bertz CT molecular complexity index is 542. The second-order valence-electron chi connectivity index (χ2n) is 4.06. The normalized spacial score (nSPS) is 14.9. The van der Waals surface area contributed by atoms with Gasteiger partial charge >= 0.3 is 7.12 Å². The van der Waals surface area contributed by atoms with Crippen molar-refractivity contribution in [2.75, 3.05) is 6.61 Å². The maximum Gasteiger partial charge on any atom is 0.585 e. The first kappa shape index (κ1) is 11.0. The Morgan fingerprint density at radius 3 is 2.17 bits per heavy atom. The van der Waals surface area contributed by atoms with E-state index in [9.17, 15) is 0 Å². The summed E-state index contributed by atoms with van der Waals surface area (Å²) < 4.78 is 11.1. The maximum absolute atomic E-state index is 5.68. The van der Waals surface area contributed by atoms with Gasteiger partial charge < -0.3 is 9.41 Å². The third kappa shape index (κ3) is 2.29. The van der Waals surface area contributed by atoms with Crippen molar-refractivity contribution < 1.29 is 9.41 Å². The average molecular weight is 237 g/mol. The van der Waals surface area contributed by atoms with Crippen molar-refractivity contribution in [2.24, 2.45) is 5.16 Å². The van der Waals surface area contributed by atoms with Gasteiger partial charge in [0.1, 0.15) is 5.71 Å². The third-order valence-corrected chi connectivity index (χ3v) is 2.81. The van der Waals surface area contributed by atoms with E-state index in [1.54, 1.807) is 0 Å². The van der Waals surface area contributed by atoms with E-state index < -0.39 is 7.12 Å². The fourth-order valence-electron chi connectivity index (χ4n) is 1.86. The van der Waals surface area contributed by atoms with E-state index >= 15 is 0 Å². The molecule has 1 aliphatic rings. The number of hydrogen-bond acceptors (Lipinski definition) is 3. The summed E-state index contributed by atoms with van der Waals surface area (Å²) in [5.41, 5.74) is 2.83. The lowest BCUT2D eigenvalue weighted by atomic mass is 9.79. The maximum atomic E-state index is 5.68. The highest BCUT2D eigenvalue weighted by atomic mass is 16.7. The van der Waals surface area contributed by atoms with E-state index in [1.807, 2.05) is 60.7 Å². The number of nitrogens with zero attached hydrogens (tertiary/aromatic N) is 1. The molecule has 0 aliphatic carbocycles. The molecule has 0 saturated carbocycles. The monoisotopic (exact) mass is 237 g/mol. The SMILES string of the molecule is c1ccc(B2OCC(c3ccccc3)=NO2)cc1. The van der Waals surface area contributed by atoms with Crippen molar-refractivity contribution in [3.8, 4) is 0 Å². The predicted molar refractivity (Wildman–Crippen MR) is 71.8 cm³/mol. The molecule has 2 aromatic rings. The highest BCUT2D eigenvalue weighted by molar-refractivity contribution is 6.61. The van der Waals surface area contributed by atoms with Crippen LogP contribution in [-0.2, 0) is 9.41 Å². The van der Waals surface area contributed by atoms with Crippen molar-refractivity contribution in [1.82, 2.24) is 0 Å². The summed E-state index contributed by atoms with van der Waals surface area (Å²) in [5, 5.41) is 4.15. The van der Waals surface area contributed by atoms with Crippen LogP contribution in [0.3, 0.4) is 0 Å². The van der Waals surface area contributed by atoms with Crippen molar-refractivity contribution in [3.63, 3.8) is 0 Å². The van der Waals surface area contributed by atoms with Gasteiger partial charge in [0.15, 0.2) is 0 Å². The van der Waals surface area contributed by atoms with E-state index in [4.69, 9.17) is 9.41 Å². The molecule has 2 aromatic carbocycles. The summed E-state index contributed by atoms with van der Waals surface area (Å²) in [7, 11) is -0.404. The summed E-state index contributed by atoms with van der Waals surface area (Å²) in [5.74, 6) is 0. The van der Waals surface area contributed by atoms with Crippen LogP contribution in [0.2, 0.25) is 0 Å². The lowest BCUT2D eigenvalue weighted by molar-refractivity contribution is 0.214. The Balaban J connectivity index is 1.76. The van der Waals surface area contributed by atoms with Crippen LogP contribution >= 0.6 is 0 Å². The molecule has 18 heavy (non-hydrogen) atoms. The highest BCUT2D eigenvalue weighted by Crippen LogP contribution is 2.08. The first-order valence-corrected chi connectivity index (χ1v) is 5.88. The lowest BCUT2D eigenvalue weighted by Crippen LogP contribution is -2.40. The zero-order valence-corrected chi connectivity index (χ0v) is 9.82. The summed E-state index contributed by atoms with van der Waals surface area (Å²) in [4.78, 5) is 0. The Morgan fingerprint density at radius 2 is 1.56 bits per heavy atom. The van der Waals surface area contributed by atoms with Crippen LogP contribution in [0.4, 0.5) is 0 Å². The molecule has 0 amide bonds. The minimum Gasteiger partial charge on any atom is -0.426 e. The predicted octanol–water partition coefficient (Wildman–Crippen LogP) is 1.83. The number of rotatable bonds is 2. The standard InChI is InChI=1S/C14H12BNO2/c1-3-7-12(8-4-1)14-11-17-15(18-16-14)13-9-5-2-6-10-13/h1-10H,11H2. The molecule has 0 fully saturated rings. The van der Waals surface area contributed by atoms with Crippen LogP contribution in [0.1, 0.15) is 5.56 Å². The topological polar surface area (TPSA) is 30.8 Å². The van der Waals surface area contributed by atoms with Gasteiger partial charge in [-0.3, -0.25) is 0 Å². The van der Waals surface area contributed by atoms with Crippen molar-refractivity contribution >= 4 is 18.3 Å². The van der Waals surface area contributed by atoms with Gasteiger partial charge in [-0.1, -0.05) is 60.7 Å². The number of hydrogen-bond donors (Lipinski definition) is 0. The molecule has 0 aromatic heterocycles. The van der Waals surface area contributed by atoms with Gasteiger partial charge in [0, 0.05) is 5.56 Å². The van der Waals surface area contributed by atoms with E-state index in [0.29, 0.717) is 6.61 Å². The summed E-state index contributed by atoms with van der Waals surface area (Å²) in [6.07, 6.45) is 0. The van der Waals surface area contributed by atoms with Crippen LogP contribution in [0, 0.1) is 0 Å². The molecule has 0 unspecified atom stereocenters. The zero-order valence-electron chi connectivity index (χ0n) is 9.82. The molecule has 0 radical (unpaired) electrons. The molecular weight excluding hydrogens is 225 g/mol. The lowest BCUT2D eigenvalue weighted by Gasteiger charge is -2.18. The fourth-order valence-corrected chi connectivity index (χ4v) is 1.86. The molecule has 1 aliphatic heterocycles. The molecular formula is C14H12BNO2. The molecule has 3 rings (SSSR count). The first-order valence-electron chi connectivity index (χ1n) is 5.88. The first-order chi connectivity index (χ1) is 8.93. The van der Waals surface area contributed by atoms with Crippen LogP contribution in [0.15, 0.2) is 65.8 Å². The highest BCUT2D eigenvalue weighted by Gasteiger charge is 2.28. The smallest absolute Gasteiger partial charge is 0.426 e. The molecule has 0 bridgehead atoms. The van der Waals surface area contributed by atoms with Gasteiger partial charge in [-0.15, -0.1) is 5.16 Å². The molecule has 0 saturated heterocycles. The number of oxime groups is 1. The minimum atomic E-state index is -0.404. The van der Waals surface area contributed by atoms with E-state index in [2.05, 4.69) is 5.16 Å². The summed E-state index contributed by atoms with van der Waals surface area (Å²) in [6, 6.07) is 19.7. The largest absolute Gasteiger partial charge is 0.585 e. The van der Waals surface area contributed by atoms with Gasteiger partial charge in [-0.25, -0.2) is 0 Å². The van der Waals surface area contributed by atoms with Gasteiger partial charge in [0.05, 0.1) is 6.61 Å². The van der Waals surface area contributed by atoms with Crippen LogP contribution < -0.4 is 5.46 Å². The Kier molecular flexibility index (Phi) is 3.11. The Hall–Kier alpha value is -2.07. The average Bonchev–Trinajstić information content (AvgIpc) is 2.49. The summed E-state index contributed by atoms with van der Waals surface area (Å²) in [6.45, 7) is 0.462. The second kappa shape index (κ2) is 5.06. The third-order valence-electron chi connectivity index (χ3n) is 2.81. The van der Waals surface area contributed by atoms with Crippen LogP contribution in [0.25, 0.3) is 0 Å². The number of benzene rings is 2.